The average Bonchev–Trinajstić information content (AvgIpc) is 2.82. The molecule has 0 atom stereocenters. The Kier molecular flexibility index (Phi) is 1.97. The summed E-state index contributed by atoms with van der Waals surface area (Å²) in [5, 5.41) is 7.39. The SMILES string of the molecule is C=C1CC(=O)N=C2SC(c3ccc[nH]3)=NN12. The Bertz CT molecular complexity index is 529. The van der Waals surface area contributed by atoms with Gasteiger partial charge in [0.15, 0.2) is 5.17 Å². The van der Waals surface area contributed by atoms with Crippen molar-refractivity contribution in [2.45, 2.75) is 6.42 Å². The minimum Gasteiger partial charge on any atom is -0.359 e. The van der Waals surface area contributed by atoms with E-state index in [1.807, 2.05) is 18.3 Å². The first-order valence-electron chi connectivity index (χ1n) is 4.74. The van der Waals surface area contributed by atoms with E-state index in [9.17, 15) is 4.79 Å². The fourth-order valence-corrected chi connectivity index (χ4v) is 2.46. The van der Waals surface area contributed by atoms with E-state index in [0.717, 1.165) is 10.7 Å². The highest BCUT2D eigenvalue weighted by atomic mass is 32.2. The Morgan fingerprint density at radius 3 is 3.19 bits per heavy atom. The summed E-state index contributed by atoms with van der Waals surface area (Å²) in [6.45, 7) is 3.82. The lowest BCUT2D eigenvalue weighted by atomic mass is 10.3. The molecule has 1 aromatic rings. The van der Waals surface area contributed by atoms with Gasteiger partial charge in [0.1, 0.15) is 5.04 Å². The standard InChI is InChI=1S/C10H8N4OS/c1-6-5-8(15)12-10-14(6)13-9(16-10)7-3-2-4-11-7/h2-4,11H,1,5H2. The van der Waals surface area contributed by atoms with Crippen molar-refractivity contribution in [3.63, 3.8) is 0 Å². The lowest BCUT2D eigenvalue weighted by Crippen LogP contribution is -2.25. The summed E-state index contributed by atoms with van der Waals surface area (Å²) in [5.41, 5.74) is 1.59. The van der Waals surface area contributed by atoms with Crippen LogP contribution in [0.2, 0.25) is 0 Å². The number of nitrogens with one attached hydrogen (secondary N) is 1. The van der Waals surface area contributed by atoms with Crippen LogP contribution in [0, 0.1) is 0 Å². The highest BCUT2D eigenvalue weighted by molar-refractivity contribution is 8.27. The molecule has 0 radical (unpaired) electrons. The first kappa shape index (κ1) is 9.41. The molecule has 2 aliphatic rings. The number of hydrazone groups is 1. The first-order valence-corrected chi connectivity index (χ1v) is 5.55. The molecular formula is C10H8N4OS. The zero-order valence-corrected chi connectivity index (χ0v) is 9.12. The van der Waals surface area contributed by atoms with Gasteiger partial charge in [0.05, 0.1) is 12.1 Å². The number of thioether (sulfide) groups is 1. The minimum atomic E-state index is -0.160. The van der Waals surface area contributed by atoms with E-state index in [1.165, 1.54) is 11.8 Å². The third-order valence-electron chi connectivity index (χ3n) is 2.26. The summed E-state index contributed by atoms with van der Waals surface area (Å²) >= 11 is 1.37. The van der Waals surface area contributed by atoms with Gasteiger partial charge in [0, 0.05) is 11.9 Å². The van der Waals surface area contributed by atoms with Gasteiger partial charge in [-0.05, 0) is 23.9 Å². The van der Waals surface area contributed by atoms with E-state index >= 15 is 0 Å². The smallest absolute Gasteiger partial charge is 0.254 e. The molecule has 0 aromatic carbocycles. The van der Waals surface area contributed by atoms with Crippen molar-refractivity contribution in [3.05, 3.63) is 36.3 Å². The van der Waals surface area contributed by atoms with E-state index in [4.69, 9.17) is 0 Å². The predicted molar refractivity (Wildman–Crippen MR) is 63.0 cm³/mol. The summed E-state index contributed by atoms with van der Waals surface area (Å²) in [4.78, 5) is 18.3. The van der Waals surface area contributed by atoms with Gasteiger partial charge in [-0.3, -0.25) is 4.79 Å². The van der Waals surface area contributed by atoms with Crippen molar-refractivity contribution in [2.24, 2.45) is 10.1 Å². The fourth-order valence-electron chi connectivity index (χ4n) is 1.53. The zero-order chi connectivity index (χ0) is 11.1. The molecule has 0 aliphatic carbocycles. The molecule has 0 fully saturated rings. The molecule has 80 valence electrons. The molecule has 0 saturated carbocycles. The molecule has 0 saturated heterocycles. The van der Waals surface area contributed by atoms with Gasteiger partial charge in [0.2, 0.25) is 0 Å². The largest absolute Gasteiger partial charge is 0.359 e. The van der Waals surface area contributed by atoms with Crippen LogP contribution in [0.3, 0.4) is 0 Å². The molecule has 3 rings (SSSR count). The Balaban J connectivity index is 1.99. The molecule has 3 heterocycles. The summed E-state index contributed by atoms with van der Waals surface area (Å²) < 4.78 is 0. The molecule has 5 nitrogen and oxygen atoms in total. The van der Waals surface area contributed by atoms with Crippen LogP contribution < -0.4 is 0 Å². The van der Waals surface area contributed by atoms with Gasteiger partial charge in [-0.25, -0.2) is 5.01 Å². The second kappa shape index (κ2) is 3.34. The Morgan fingerprint density at radius 1 is 1.56 bits per heavy atom. The van der Waals surface area contributed by atoms with E-state index < -0.39 is 0 Å². The number of aliphatic imine (C=N–C) groups is 1. The fraction of sp³-hybridized carbons (Fsp3) is 0.100. The second-order valence-corrected chi connectivity index (χ2v) is 4.39. The predicted octanol–water partition coefficient (Wildman–Crippen LogP) is 1.53. The summed E-state index contributed by atoms with van der Waals surface area (Å²) in [7, 11) is 0. The van der Waals surface area contributed by atoms with Gasteiger partial charge in [-0.2, -0.15) is 10.1 Å². The minimum absolute atomic E-state index is 0.160. The number of fused-ring (bicyclic) bond motifs is 1. The number of H-pyrrole nitrogens is 1. The van der Waals surface area contributed by atoms with Crippen molar-refractivity contribution in [2.75, 3.05) is 0 Å². The van der Waals surface area contributed by atoms with Gasteiger partial charge >= 0.3 is 0 Å². The lowest BCUT2D eigenvalue weighted by molar-refractivity contribution is -0.117. The summed E-state index contributed by atoms with van der Waals surface area (Å²) in [5.74, 6) is -0.160. The quantitative estimate of drug-likeness (QED) is 0.798. The van der Waals surface area contributed by atoms with Crippen LogP contribution in [0.25, 0.3) is 0 Å². The van der Waals surface area contributed by atoms with Crippen LogP contribution in [0.15, 0.2) is 40.7 Å². The number of rotatable bonds is 1. The number of carbonyl (C=O) groups is 1. The van der Waals surface area contributed by atoms with E-state index in [1.54, 1.807) is 5.01 Å². The molecule has 1 aromatic heterocycles. The molecule has 16 heavy (non-hydrogen) atoms. The molecule has 1 N–H and O–H groups in total. The molecule has 1 amide bonds. The third-order valence-corrected chi connectivity index (χ3v) is 3.21. The van der Waals surface area contributed by atoms with E-state index in [-0.39, 0.29) is 12.3 Å². The molecule has 0 spiro atoms. The second-order valence-electron chi connectivity index (χ2n) is 3.43. The maximum atomic E-state index is 11.3. The number of amidine groups is 1. The highest BCUT2D eigenvalue weighted by Crippen LogP contribution is 2.31. The number of hydrogen-bond acceptors (Lipinski definition) is 4. The zero-order valence-electron chi connectivity index (χ0n) is 8.30. The number of aromatic nitrogens is 1. The maximum absolute atomic E-state index is 11.3. The highest BCUT2D eigenvalue weighted by Gasteiger charge is 2.31. The topological polar surface area (TPSA) is 60.8 Å². The average molecular weight is 232 g/mol. The number of hydrogen-bond donors (Lipinski definition) is 1. The number of carbonyl (C=O) groups excluding carboxylic acids is 1. The van der Waals surface area contributed by atoms with E-state index in [2.05, 4.69) is 21.7 Å². The summed E-state index contributed by atoms with van der Waals surface area (Å²) in [6, 6.07) is 3.83. The van der Waals surface area contributed by atoms with Gasteiger partial charge < -0.3 is 4.98 Å². The monoisotopic (exact) mass is 232 g/mol. The Hall–Kier alpha value is -1.82. The van der Waals surface area contributed by atoms with Crippen molar-refractivity contribution < 1.29 is 4.79 Å². The number of aromatic amines is 1. The van der Waals surface area contributed by atoms with Gasteiger partial charge in [-0.15, -0.1) is 0 Å². The molecular weight excluding hydrogens is 224 g/mol. The number of amides is 1. The van der Waals surface area contributed by atoms with Crippen LogP contribution >= 0.6 is 11.8 Å². The van der Waals surface area contributed by atoms with Crippen LogP contribution in [-0.2, 0) is 4.79 Å². The van der Waals surface area contributed by atoms with Crippen molar-refractivity contribution >= 4 is 27.9 Å². The molecule has 0 unspecified atom stereocenters. The molecule has 6 heteroatoms. The maximum Gasteiger partial charge on any atom is 0.254 e. The Morgan fingerprint density at radius 2 is 2.44 bits per heavy atom. The van der Waals surface area contributed by atoms with Crippen molar-refractivity contribution in [1.82, 2.24) is 9.99 Å². The van der Waals surface area contributed by atoms with Crippen LogP contribution in [0.4, 0.5) is 0 Å². The van der Waals surface area contributed by atoms with E-state index in [0.29, 0.717) is 10.9 Å². The molecule has 0 bridgehead atoms. The first-order chi connectivity index (χ1) is 7.74. The number of nitrogens with zero attached hydrogens (tertiary/aromatic N) is 3. The van der Waals surface area contributed by atoms with Crippen LogP contribution in [0.1, 0.15) is 12.1 Å². The third kappa shape index (κ3) is 1.38. The normalized spacial score (nSPS) is 19.6. The van der Waals surface area contributed by atoms with Crippen molar-refractivity contribution in [3.8, 4) is 0 Å². The molecule has 2 aliphatic heterocycles. The lowest BCUT2D eigenvalue weighted by Gasteiger charge is -2.18. The van der Waals surface area contributed by atoms with Crippen molar-refractivity contribution in [1.29, 1.82) is 0 Å². The van der Waals surface area contributed by atoms with Gasteiger partial charge in [0.25, 0.3) is 5.91 Å². The Labute approximate surface area is 95.9 Å². The van der Waals surface area contributed by atoms with Crippen LogP contribution in [-0.4, -0.2) is 26.1 Å². The summed E-state index contributed by atoms with van der Waals surface area (Å²) in [6.07, 6.45) is 2.07. The van der Waals surface area contributed by atoms with Gasteiger partial charge in [-0.1, -0.05) is 6.58 Å². The van der Waals surface area contributed by atoms with Crippen LogP contribution in [0.5, 0.6) is 0 Å².